The molecule has 24 heavy (non-hydrogen) atoms. The van der Waals surface area contributed by atoms with Crippen molar-refractivity contribution in [1.82, 2.24) is 5.06 Å². The molecule has 134 valence electrons. The van der Waals surface area contributed by atoms with Gasteiger partial charge in [-0.25, -0.2) is 4.79 Å². The Hall–Kier alpha value is -1.39. The number of benzene rings is 1. The first-order chi connectivity index (χ1) is 11.3. The molecule has 1 fully saturated rings. The highest BCUT2D eigenvalue weighted by molar-refractivity contribution is 5.75. The van der Waals surface area contributed by atoms with Crippen molar-refractivity contribution in [2.75, 3.05) is 6.61 Å². The molecule has 1 saturated heterocycles. The highest BCUT2D eigenvalue weighted by atomic mass is 16.7. The Kier molecular flexibility index (Phi) is 6.05. The zero-order chi connectivity index (χ0) is 17.8. The summed E-state index contributed by atoms with van der Waals surface area (Å²) < 4.78 is 5.26. The Labute approximate surface area is 146 Å². The predicted molar refractivity (Wildman–Crippen MR) is 95.5 cm³/mol. The van der Waals surface area contributed by atoms with Gasteiger partial charge in [-0.3, -0.25) is 4.84 Å². The third-order valence-corrected chi connectivity index (χ3v) is 4.72. The van der Waals surface area contributed by atoms with Crippen LogP contribution in [0.4, 0.5) is 0 Å². The van der Waals surface area contributed by atoms with Gasteiger partial charge in [-0.15, -0.1) is 0 Å². The van der Waals surface area contributed by atoms with E-state index in [2.05, 4.69) is 27.7 Å². The minimum Gasteiger partial charge on any atom is -0.464 e. The van der Waals surface area contributed by atoms with E-state index in [9.17, 15) is 4.79 Å². The minimum atomic E-state index is -0.621. The van der Waals surface area contributed by atoms with E-state index in [4.69, 9.17) is 9.57 Å². The van der Waals surface area contributed by atoms with Crippen molar-refractivity contribution in [1.29, 1.82) is 0 Å². The molecule has 1 heterocycles. The van der Waals surface area contributed by atoms with Crippen LogP contribution in [0.15, 0.2) is 30.3 Å². The summed E-state index contributed by atoms with van der Waals surface area (Å²) in [5, 5.41) is 2.04. The molecule has 0 saturated carbocycles. The van der Waals surface area contributed by atoms with Gasteiger partial charge in [0.1, 0.15) is 0 Å². The van der Waals surface area contributed by atoms with E-state index in [1.807, 2.05) is 42.3 Å². The first-order valence-electron chi connectivity index (χ1n) is 8.94. The monoisotopic (exact) mass is 333 g/mol. The number of ether oxygens (including phenoxy) is 1. The smallest absolute Gasteiger partial charge is 0.337 e. The molecule has 0 amide bonds. The lowest BCUT2D eigenvalue weighted by molar-refractivity contribution is -0.302. The molecular weight excluding hydrogens is 302 g/mol. The second kappa shape index (κ2) is 7.66. The molecule has 0 spiro atoms. The number of hydrogen-bond acceptors (Lipinski definition) is 4. The molecule has 0 N–H and O–H groups in total. The van der Waals surface area contributed by atoms with Gasteiger partial charge in [0, 0.05) is 17.5 Å². The van der Waals surface area contributed by atoms with Crippen molar-refractivity contribution in [3.63, 3.8) is 0 Å². The maximum absolute atomic E-state index is 12.5. The zero-order valence-electron chi connectivity index (χ0n) is 15.7. The molecule has 1 aromatic carbocycles. The van der Waals surface area contributed by atoms with Gasteiger partial charge in [0.05, 0.1) is 6.61 Å². The third-order valence-electron chi connectivity index (χ3n) is 4.72. The van der Waals surface area contributed by atoms with Crippen LogP contribution in [0.1, 0.15) is 59.4 Å². The fraction of sp³-hybridized carbons (Fsp3) is 0.650. The second-order valence-corrected chi connectivity index (χ2v) is 7.81. The van der Waals surface area contributed by atoms with E-state index in [-0.39, 0.29) is 17.0 Å². The SMILES string of the molecule is CCOC(=O)C(Cc1ccccc1)ON1C(C)(C)CCCC1(C)C. The summed E-state index contributed by atoms with van der Waals surface area (Å²) in [5.74, 6) is -0.293. The number of carbonyl (C=O) groups excluding carboxylic acids is 1. The van der Waals surface area contributed by atoms with Crippen LogP contribution in [0.3, 0.4) is 0 Å². The molecule has 2 rings (SSSR count). The third kappa shape index (κ3) is 4.58. The molecule has 1 aliphatic heterocycles. The highest BCUT2D eigenvalue weighted by Crippen LogP contribution is 2.39. The quantitative estimate of drug-likeness (QED) is 0.734. The van der Waals surface area contributed by atoms with Crippen LogP contribution in [0.2, 0.25) is 0 Å². The number of carbonyl (C=O) groups is 1. The van der Waals surface area contributed by atoms with Crippen LogP contribution >= 0.6 is 0 Å². The van der Waals surface area contributed by atoms with Crippen molar-refractivity contribution in [3.8, 4) is 0 Å². The van der Waals surface area contributed by atoms with Crippen LogP contribution in [-0.2, 0) is 20.8 Å². The van der Waals surface area contributed by atoms with E-state index < -0.39 is 6.10 Å². The Morgan fingerprint density at radius 1 is 1.12 bits per heavy atom. The number of esters is 1. The van der Waals surface area contributed by atoms with Crippen LogP contribution in [0.25, 0.3) is 0 Å². The molecule has 1 aliphatic rings. The first-order valence-corrected chi connectivity index (χ1v) is 8.94. The molecule has 0 bridgehead atoms. The molecule has 4 heteroatoms. The summed E-state index contributed by atoms with van der Waals surface area (Å²) in [4.78, 5) is 18.8. The van der Waals surface area contributed by atoms with Gasteiger partial charge in [0.15, 0.2) is 6.10 Å². The average Bonchev–Trinajstić information content (AvgIpc) is 2.50. The van der Waals surface area contributed by atoms with Crippen LogP contribution in [0.5, 0.6) is 0 Å². The number of hydroxylamine groups is 2. The number of rotatable bonds is 6. The van der Waals surface area contributed by atoms with Gasteiger partial charge in [0.25, 0.3) is 0 Å². The van der Waals surface area contributed by atoms with Gasteiger partial charge in [-0.2, -0.15) is 5.06 Å². The van der Waals surface area contributed by atoms with Gasteiger partial charge >= 0.3 is 5.97 Å². The highest BCUT2D eigenvalue weighted by Gasteiger charge is 2.44. The van der Waals surface area contributed by atoms with E-state index in [0.29, 0.717) is 13.0 Å². The van der Waals surface area contributed by atoms with E-state index in [1.54, 1.807) is 0 Å². The minimum absolute atomic E-state index is 0.108. The second-order valence-electron chi connectivity index (χ2n) is 7.81. The summed E-state index contributed by atoms with van der Waals surface area (Å²) in [5.41, 5.74) is 0.856. The van der Waals surface area contributed by atoms with E-state index in [1.165, 1.54) is 6.42 Å². The van der Waals surface area contributed by atoms with Crippen molar-refractivity contribution in [2.24, 2.45) is 0 Å². The van der Waals surface area contributed by atoms with Gasteiger partial charge in [-0.1, -0.05) is 30.3 Å². The van der Waals surface area contributed by atoms with Crippen molar-refractivity contribution in [3.05, 3.63) is 35.9 Å². The Morgan fingerprint density at radius 2 is 1.71 bits per heavy atom. The Balaban J connectivity index is 2.21. The van der Waals surface area contributed by atoms with Crippen LogP contribution in [-0.4, -0.2) is 34.8 Å². The standard InChI is InChI=1S/C20H31NO3/c1-6-23-18(22)17(15-16-11-8-7-9-12-16)24-21-19(2,3)13-10-14-20(21,4)5/h7-9,11-12,17H,6,10,13-15H2,1-5H3. The topological polar surface area (TPSA) is 38.8 Å². The Morgan fingerprint density at radius 3 is 2.25 bits per heavy atom. The van der Waals surface area contributed by atoms with E-state index >= 15 is 0 Å². The number of nitrogens with zero attached hydrogens (tertiary/aromatic N) is 1. The van der Waals surface area contributed by atoms with Gasteiger partial charge in [-0.05, 0) is 59.4 Å². The fourth-order valence-corrected chi connectivity index (χ4v) is 3.62. The fourth-order valence-electron chi connectivity index (χ4n) is 3.62. The molecular formula is C20H31NO3. The predicted octanol–water partition coefficient (Wildman–Crippen LogP) is 4.14. The van der Waals surface area contributed by atoms with E-state index in [0.717, 1.165) is 18.4 Å². The lowest BCUT2D eigenvalue weighted by Gasteiger charge is -2.52. The zero-order valence-corrected chi connectivity index (χ0v) is 15.7. The Bertz CT molecular complexity index is 523. The van der Waals surface area contributed by atoms with Crippen molar-refractivity contribution >= 4 is 5.97 Å². The average molecular weight is 333 g/mol. The summed E-state index contributed by atoms with van der Waals surface area (Å²) >= 11 is 0. The summed E-state index contributed by atoms with van der Waals surface area (Å²) in [7, 11) is 0. The molecule has 0 aromatic heterocycles. The summed E-state index contributed by atoms with van der Waals surface area (Å²) in [6.07, 6.45) is 3.17. The molecule has 4 nitrogen and oxygen atoms in total. The number of piperidine rings is 1. The lowest BCUT2D eigenvalue weighted by Crippen LogP contribution is -2.60. The van der Waals surface area contributed by atoms with Crippen molar-refractivity contribution < 1.29 is 14.4 Å². The molecule has 1 aromatic rings. The molecule has 0 radical (unpaired) electrons. The normalized spacial score (nSPS) is 21.2. The maximum Gasteiger partial charge on any atom is 0.337 e. The van der Waals surface area contributed by atoms with Gasteiger partial charge in [0.2, 0.25) is 0 Å². The largest absolute Gasteiger partial charge is 0.464 e. The van der Waals surface area contributed by atoms with Gasteiger partial charge < -0.3 is 4.74 Å². The summed E-state index contributed by atoms with van der Waals surface area (Å²) in [6, 6.07) is 9.96. The molecule has 0 aliphatic carbocycles. The summed E-state index contributed by atoms with van der Waals surface area (Å²) in [6.45, 7) is 10.9. The first kappa shape index (κ1) is 18.9. The number of hydrogen-bond donors (Lipinski definition) is 0. The lowest BCUT2D eigenvalue weighted by atomic mass is 9.82. The maximum atomic E-state index is 12.5. The van der Waals surface area contributed by atoms with Crippen LogP contribution < -0.4 is 0 Å². The van der Waals surface area contributed by atoms with Crippen LogP contribution in [0, 0.1) is 0 Å². The van der Waals surface area contributed by atoms with Crippen molar-refractivity contribution in [2.45, 2.75) is 77.5 Å². The molecule has 1 atom stereocenters. The molecule has 1 unspecified atom stereocenters.